The van der Waals surface area contributed by atoms with Crippen molar-refractivity contribution in [2.75, 3.05) is 6.54 Å². The van der Waals surface area contributed by atoms with Gasteiger partial charge in [0.15, 0.2) is 0 Å². The standard InChI is InChI=1S/C13H17NOS/c1-3-6-14-13(11-5-8-16-9-11)12-4-7-15-10(12)2/h4-5,7-9,13-14H,3,6H2,1-2H3. The highest BCUT2D eigenvalue weighted by molar-refractivity contribution is 7.08. The zero-order chi connectivity index (χ0) is 11.4. The van der Waals surface area contributed by atoms with Crippen LogP contribution in [0.2, 0.25) is 0 Å². The first-order valence-electron chi connectivity index (χ1n) is 5.62. The summed E-state index contributed by atoms with van der Waals surface area (Å²) in [6, 6.07) is 4.50. The molecule has 1 atom stereocenters. The number of furan rings is 1. The maximum Gasteiger partial charge on any atom is 0.105 e. The van der Waals surface area contributed by atoms with E-state index in [0.29, 0.717) is 0 Å². The minimum absolute atomic E-state index is 0.268. The smallest absolute Gasteiger partial charge is 0.105 e. The van der Waals surface area contributed by atoms with Gasteiger partial charge in [0.05, 0.1) is 12.3 Å². The average Bonchev–Trinajstić information content (AvgIpc) is 2.91. The summed E-state index contributed by atoms with van der Waals surface area (Å²) in [6.07, 6.45) is 2.90. The van der Waals surface area contributed by atoms with Crippen LogP contribution in [0.15, 0.2) is 33.6 Å². The quantitative estimate of drug-likeness (QED) is 0.854. The first-order chi connectivity index (χ1) is 7.83. The summed E-state index contributed by atoms with van der Waals surface area (Å²) >= 11 is 1.73. The van der Waals surface area contributed by atoms with E-state index in [1.165, 1.54) is 11.1 Å². The Balaban J connectivity index is 2.25. The highest BCUT2D eigenvalue weighted by Crippen LogP contribution is 2.27. The fourth-order valence-corrected chi connectivity index (χ4v) is 2.52. The summed E-state index contributed by atoms with van der Waals surface area (Å²) in [5.74, 6) is 1.000. The van der Waals surface area contributed by atoms with E-state index in [-0.39, 0.29) is 6.04 Å². The second-order valence-electron chi connectivity index (χ2n) is 3.88. The first-order valence-corrected chi connectivity index (χ1v) is 6.56. The lowest BCUT2D eigenvalue weighted by Gasteiger charge is -2.16. The molecule has 0 fully saturated rings. The third kappa shape index (κ3) is 2.36. The predicted molar refractivity (Wildman–Crippen MR) is 67.9 cm³/mol. The van der Waals surface area contributed by atoms with Crippen molar-refractivity contribution in [1.29, 1.82) is 0 Å². The lowest BCUT2D eigenvalue weighted by Crippen LogP contribution is -2.22. The van der Waals surface area contributed by atoms with Gasteiger partial charge in [0.25, 0.3) is 0 Å². The Morgan fingerprint density at radius 3 is 2.88 bits per heavy atom. The molecule has 2 aromatic heterocycles. The zero-order valence-electron chi connectivity index (χ0n) is 9.69. The van der Waals surface area contributed by atoms with Crippen LogP contribution in [0.25, 0.3) is 0 Å². The molecular formula is C13H17NOS. The minimum Gasteiger partial charge on any atom is -0.469 e. The monoisotopic (exact) mass is 235 g/mol. The molecule has 0 spiro atoms. The van der Waals surface area contributed by atoms with E-state index in [1.54, 1.807) is 17.6 Å². The lowest BCUT2D eigenvalue weighted by molar-refractivity contribution is 0.517. The number of thiophene rings is 1. The van der Waals surface area contributed by atoms with E-state index in [1.807, 2.05) is 6.92 Å². The Hall–Kier alpha value is -1.06. The minimum atomic E-state index is 0.268. The van der Waals surface area contributed by atoms with Crippen molar-refractivity contribution >= 4 is 11.3 Å². The van der Waals surface area contributed by atoms with Crippen LogP contribution in [-0.2, 0) is 0 Å². The van der Waals surface area contributed by atoms with Gasteiger partial charge < -0.3 is 9.73 Å². The molecule has 0 saturated carbocycles. The van der Waals surface area contributed by atoms with Gasteiger partial charge in [0.2, 0.25) is 0 Å². The molecule has 0 amide bonds. The van der Waals surface area contributed by atoms with Crippen LogP contribution in [0.3, 0.4) is 0 Å². The second kappa shape index (κ2) is 5.32. The SMILES string of the molecule is CCCNC(c1ccsc1)c1ccoc1C. The van der Waals surface area contributed by atoms with Gasteiger partial charge in [0, 0.05) is 5.56 Å². The summed E-state index contributed by atoms with van der Waals surface area (Å²) < 4.78 is 5.39. The summed E-state index contributed by atoms with van der Waals surface area (Å²) in [6.45, 7) is 5.22. The predicted octanol–water partition coefficient (Wildman–Crippen LogP) is 3.74. The Morgan fingerprint density at radius 1 is 1.44 bits per heavy atom. The van der Waals surface area contributed by atoms with Gasteiger partial charge in [-0.05, 0) is 48.3 Å². The summed E-state index contributed by atoms with van der Waals surface area (Å²) in [5, 5.41) is 7.87. The number of hydrogen-bond donors (Lipinski definition) is 1. The molecule has 1 unspecified atom stereocenters. The van der Waals surface area contributed by atoms with Crippen molar-refractivity contribution in [3.05, 3.63) is 46.0 Å². The van der Waals surface area contributed by atoms with E-state index in [4.69, 9.17) is 4.42 Å². The van der Waals surface area contributed by atoms with Gasteiger partial charge in [-0.15, -0.1) is 0 Å². The van der Waals surface area contributed by atoms with E-state index >= 15 is 0 Å². The van der Waals surface area contributed by atoms with Gasteiger partial charge in [-0.3, -0.25) is 0 Å². The Morgan fingerprint density at radius 2 is 2.31 bits per heavy atom. The fraction of sp³-hybridized carbons (Fsp3) is 0.385. The van der Waals surface area contributed by atoms with Gasteiger partial charge in [-0.2, -0.15) is 11.3 Å². The van der Waals surface area contributed by atoms with Crippen LogP contribution in [0, 0.1) is 6.92 Å². The van der Waals surface area contributed by atoms with Crippen molar-refractivity contribution in [3.8, 4) is 0 Å². The van der Waals surface area contributed by atoms with Gasteiger partial charge in [0.1, 0.15) is 5.76 Å². The average molecular weight is 235 g/mol. The van der Waals surface area contributed by atoms with E-state index in [2.05, 4.69) is 35.1 Å². The molecule has 16 heavy (non-hydrogen) atoms. The van der Waals surface area contributed by atoms with Crippen molar-refractivity contribution < 1.29 is 4.42 Å². The molecule has 3 heteroatoms. The highest BCUT2D eigenvalue weighted by Gasteiger charge is 2.17. The van der Waals surface area contributed by atoms with Crippen molar-refractivity contribution in [2.45, 2.75) is 26.3 Å². The molecule has 0 aliphatic rings. The molecule has 1 N–H and O–H groups in total. The Bertz CT molecular complexity index is 419. The van der Waals surface area contributed by atoms with E-state index in [0.717, 1.165) is 18.7 Å². The van der Waals surface area contributed by atoms with Crippen LogP contribution in [-0.4, -0.2) is 6.54 Å². The Kier molecular flexibility index (Phi) is 3.80. The van der Waals surface area contributed by atoms with Gasteiger partial charge in [-0.25, -0.2) is 0 Å². The maximum atomic E-state index is 5.39. The molecular weight excluding hydrogens is 218 g/mol. The van der Waals surface area contributed by atoms with Gasteiger partial charge >= 0.3 is 0 Å². The van der Waals surface area contributed by atoms with E-state index < -0.39 is 0 Å². The molecule has 0 aliphatic heterocycles. The molecule has 0 saturated heterocycles. The largest absolute Gasteiger partial charge is 0.469 e. The molecule has 86 valence electrons. The molecule has 0 aromatic carbocycles. The normalized spacial score (nSPS) is 12.9. The number of nitrogens with one attached hydrogen (secondary N) is 1. The topological polar surface area (TPSA) is 25.2 Å². The molecule has 0 aliphatic carbocycles. The summed E-state index contributed by atoms with van der Waals surface area (Å²) in [4.78, 5) is 0. The number of aryl methyl sites for hydroxylation is 1. The summed E-state index contributed by atoms with van der Waals surface area (Å²) in [5.41, 5.74) is 2.56. The van der Waals surface area contributed by atoms with Crippen molar-refractivity contribution in [3.63, 3.8) is 0 Å². The first kappa shape index (κ1) is 11.4. The van der Waals surface area contributed by atoms with Crippen molar-refractivity contribution in [1.82, 2.24) is 5.32 Å². The van der Waals surface area contributed by atoms with Gasteiger partial charge in [-0.1, -0.05) is 6.92 Å². The third-order valence-corrected chi connectivity index (χ3v) is 3.39. The molecule has 0 bridgehead atoms. The summed E-state index contributed by atoms with van der Waals surface area (Å²) in [7, 11) is 0. The maximum absolute atomic E-state index is 5.39. The van der Waals surface area contributed by atoms with Crippen LogP contribution < -0.4 is 5.32 Å². The Labute approximate surface area is 100 Å². The van der Waals surface area contributed by atoms with Crippen LogP contribution in [0.5, 0.6) is 0 Å². The second-order valence-corrected chi connectivity index (χ2v) is 4.66. The lowest BCUT2D eigenvalue weighted by atomic mass is 10.0. The fourth-order valence-electron chi connectivity index (χ4n) is 1.83. The third-order valence-electron chi connectivity index (χ3n) is 2.68. The van der Waals surface area contributed by atoms with Crippen LogP contribution in [0.1, 0.15) is 36.3 Å². The van der Waals surface area contributed by atoms with Crippen molar-refractivity contribution in [2.24, 2.45) is 0 Å². The molecule has 0 radical (unpaired) electrons. The highest BCUT2D eigenvalue weighted by atomic mass is 32.1. The zero-order valence-corrected chi connectivity index (χ0v) is 10.5. The van der Waals surface area contributed by atoms with Crippen LogP contribution in [0.4, 0.5) is 0 Å². The molecule has 2 aromatic rings. The molecule has 2 nitrogen and oxygen atoms in total. The number of rotatable bonds is 5. The van der Waals surface area contributed by atoms with Crippen LogP contribution >= 0.6 is 11.3 Å². The van der Waals surface area contributed by atoms with E-state index in [9.17, 15) is 0 Å². The number of hydrogen-bond acceptors (Lipinski definition) is 3. The molecule has 2 rings (SSSR count). The molecule has 2 heterocycles.